The zero-order valence-corrected chi connectivity index (χ0v) is 27.6. The van der Waals surface area contributed by atoms with Crippen molar-refractivity contribution in [1.29, 1.82) is 0 Å². The average molecular weight is 682 g/mol. The maximum absolute atomic E-state index is 13.9. The number of carbonyl (C=O) groups is 3. The van der Waals surface area contributed by atoms with Crippen LogP contribution in [0.15, 0.2) is 46.9 Å². The van der Waals surface area contributed by atoms with Crippen molar-refractivity contribution in [3.05, 3.63) is 58.1 Å². The Morgan fingerprint density at radius 3 is 2.31 bits per heavy atom. The molecule has 6 rings (SSSR count). The van der Waals surface area contributed by atoms with Crippen molar-refractivity contribution < 1.29 is 19.1 Å². The number of halogens is 1. The van der Waals surface area contributed by atoms with Crippen LogP contribution >= 0.6 is 15.9 Å². The molecule has 0 bridgehead atoms. The predicted octanol–water partition coefficient (Wildman–Crippen LogP) is 5.11. The Kier molecular flexibility index (Phi) is 10.1. The van der Waals surface area contributed by atoms with Crippen molar-refractivity contribution in [2.24, 2.45) is 0 Å². The van der Waals surface area contributed by atoms with Crippen molar-refractivity contribution in [3.8, 4) is 0 Å². The highest BCUT2D eigenvalue weighted by molar-refractivity contribution is 9.10. The minimum Gasteiger partial charge on any atom is -0.436 e. The van der Waals surface area contributed by atoms with E-state index in [-0.39, 0.29) is 24.4 Å². The first-order valence-electron chi connectivity index (χ1n) is 16.5. The lowest BCUT2D eigenvalue weighted by Crippen LogP contribution is -2.53. The molecule has 1 atom stereocenters. The second kappa shape index (κ2) is 14.4. The average Bonchev–Trinajstić information content (AvgIpc) is 3.24. The highest BCUT2D eigenvalue weighted by atomic mass is 79.9. The topological polar surface area (TPSA) is 111 Å². The standard InChI is InChI=1S/C34H45BrN6O4/c35-28-22-24(8-9-29(28)36)23-31(32(42)39-17-11-26(12-18-39)38-15-4-1-5-16-38)45-34(44)40-19-13-27(14-20-40)41-21-10-25-6-2-3-7-30(25)37-33(41)43/h2-3,6-9,22,26-27,31H,1,4-5,10-21,23,36H2,(H,37,43)/t31-/m1/s1. The molecule has 0 aliphatic carbocycles. The van der Waals surface area contributed by atoms with Gasteiger partial charge in [-0.1, -0.05) is 30.7 Å². The maximum atomic E-state index is 13.9. The third-order valence-corrected chi connectivity index (χ3v) is 10.7. The lowest BCUT2D eigenvalue weighted by Gasteiger charge is -2.41. The van der Waals surface area contributed by atoms with E-state index in [1.165, 1.54) is 19.3 Å². The van der Waals surface area contributed by atoms with E-state index < -0.39 is 12.2 Å². The quantitative estimate of drug-likeness (QED) is 0.411. The van der Waals surface area contributed by atoms with Gasteiger partial charge >= 0.3 is 12.1 Å². The van der Waals surface area contributed by atoms with Gasteiger partial charge in [0.15, 0.2) is 6.10 Å². The smallest absolute Gasteiger partial charge is 0.410 e. The lowest BCUT2D eigenvalue weighted by atomic mass is 9.99. The van der Waals surface area contributed by atoms with E-state index in [9.17, 15) is 14.4 Å². The van der Waals surface area contributed by atoms with Gasteiger partial charge in [-0.3, -0.25) is 4.79 Å². The maximum Gasteiger partial charge on any atom is 0.410 e. The molecule has 4 aliphatic rings. The van der Waals surface area contributed by atoms with Crippen molar-refractivity contribution in [1.82, 2.24) is 19.6 Å². The summed E-state index contributed by atoms with van der Waals surface area (Å²) in [6, 6.07) is 13.9. The summed E-state index contributed by atoms with van der Waals surface area (Å²) >= 11 is 3.49. The predicted molar refractivity (Wildman–Crippen MR) is 178 cm³/mol. The number of fused-ring (bicyclic) bond motifs is 1. The molecule has 3 saturated heterocycles. The molecule has 11 heteroatoms. The summed E-state index contributed by atoms with van der Waals surface area (Å²) in [6.07, 6.45) is 6.70. The van der Waals surface area contributed by atoms with E-state index in [0.717, 1.165) is 53.6 Å². The van der Waals surface area contributed by atoms with E-state index in [4.69, 9.17) is 10.5 Å². The second-order valence-corrected chi connectivity index (χ2v) is 13.7. The van der Waals surface area contributed by atoms with Gasteiger partial charge in [-0.15, -0.1) is 0 Å². The van der Waals surface area contributed by atoms with Crippen molar-refractivity contribution in [2.45, 2.75) is 76.0 Å². The number of nitrogen functional groups attached to an aromatic ring is 1. The van der Waals surface area contributed by atoms with Crippen LogP contribution in [-0.4, -0.2) is 102 Å². The fraction of sp³-hybridized carbons (Fsp3) is 0.559. The zero-order valence-electron chi connectivity index (χ0n) is 26.0. The highest BCUT2D eigenvalue weighted by Crippen LogP contribution is 2.27. The van der Waals surface area contributed by atoms with Crippen LogP contribution < -0.4 is 11.1 Å². The number of amides is 4. The Morgan fingerprint density at radius 1 is 0.889 bits per heavy atom. The molecule has 0 unspecified atom stereocenters. The first kappa shape index (κ1) is 31.7. The van der Waals surface area contributed by atoms with Crippen LogP contribution in [0.5, 0.6) is 0 Å². The molecule has 0 aromatic heterocycles. The van der Waals surface area contributed by atoms with Crippen LogP contribution in [0, 0.1) is 0 Å². The fourth-order valence-electron chi connectivity index (χ4n) is 7.32. The van der Waals surface area contributed by atoms with Crippen molar-refractivity contribution in [2.75, 3.05) is 56.9 Å². The van der Waals surface area contributed by atoms with Gasteiger partial charge in [-0.2, -0.15) is 0 Å². The number of benzene rings is 2. The van der Waals surface area contributed by atoms with E-state index in [0.29, 0.717) is 57.3 Å². The summed E-state index contributed by atoms with van der Waals surface area (Å²) < 4.78 is 6.78. The van der Waals surface area contributed by atoms with Crippen LogP contribution in [0.2, 0.25) is 0 Å². The molecule has 0 saturated carbocycles. The van der Waals surface area contributed by atoms with Gasteiger partial charge in [0, 0.05) is 67.1 Å². The monoisotopic (exact) mass is 680 g/mol. The number of ether oxygens (including phenoxy) is 1. The third kappa shape index (κ3) is 7.57. The molecule has 4 heterocycles. The van der Waals surface area contributed by atoms with Gasteiger partial charge in [-0.25, -0.2) is 9.59 Å². The Morgan fingerprint density at radius 2 is 1.58 bits per heavy atom. The number of likely N-dealkylation sites (tertiary alicyclic amines) is 3. The second-order valence-electron chi connectivity index (χ2n) is 12.8. The Labute approximate surface area is 274 Å². The number of hydrogen-bond donors (Lipinski definition) is 2. The first-order chi connectivity index (χ1) is 21.9. The molecule has 0 radical (unpaired) electrons. The Balaban J connectivity index is 1.07. The number of nitrogens with zero attached hydrogens (tertiary/aromatic N) is 4. The minimum absolute atomic E-state index is 0.0362. The molecule has 10 nitrogen and oxygen atoms in total. The molecule has 2 aromatic carbocycles. The molecular weight excluding hydrogens is 636 g/mol. The van der Waals surface area contributed by atoms with Gasteiger partial charge < -0.3 is 35.4 Å². The lowest BCUT2D eigenvalue weighted by molar-refractivity contribution is -0.142. The van der Waals surface area contributed by atoms with Gasteiger partial charge in [0.2, 0.25) is 0 Å². The molecule has 4 amide bonds. The number of rotatable bonds is 6. The Bertz CT molecular complexity index is 1370. The van der Waals surface area contributed by atoms with E-state index in [2.05, 4.69) is 32.2 Å². The molecule has 45 heavy (non-hydrogen) atoms. The number of nitrogens with one attached hydrogen (secondary N) is 1. The third-order valence-electron chi connectivity index (χ3n) is 9.99. The normalized spacial score (nSPS) is 21.1. The minimum atomic E-state index is -0.924. The van der Waals surface area contributed by atoms with Gasteiger partial charge in [-0.05, 0) is 103 Å². The van der Waals surface area contributed by atoms with Crippen LogP contribution in [0.4, 0.5) is 21.0 Å². The molecule has 3 fully saturated rings. The van der Waals surface area contributed by atoms with Gasteiger partial charge in [0.1, 0.15) is 0 Å². The van der Waals surface area contributed by atoms with Gasteiger partial charge in [0.05, 0.1) is 0 Å². The van der Waals surface area contributed by atoms with Crippen molar-refractivity contribution in [3.63, 3.8) is 0 Å². The SMILES string of the molecule is Nc1ccc(C[C@@H](OC(=O)N2CCC(N3CCc4ccccc4NC3=O)CC2)C(=O)N2CCC(N3CCCCC3)CC2)cc1Br. The number of anilines is 2. The summed E-state index contributed by atoms with van der Waals surface area (Å²) in [5.41, 5.74) is 9.49. The van der Waals surface area contributed by atoms with Crippen LogP contribution in [-0.2, 0) is 22.4 Å². The first-order valence-corrected chi connectivity index (χ1v) is 17.3. The van der Waals surface area contributed by atoms with Crippen LogP contribution in [0.1, 0.15) is 56.1 Å². The molecule has 0 spiro atoms. The summed E-state index contributed by atoms with van der Waals surface area (Å²) in [5, 5.41) is 3.05. The van der Waals surface area contributed by atoms with Gasteiger partial charge in [0.25, 0.3) is 5.91 Å². The molecule has 3 N–H and O–H groups in total. The van der Waals surface area contributed by atoms with Crippen LogP contribution in [0.3, 0.4) is 0 Å². The summed E-state index contributed by atoms with van der Waals surface area (Å²) in [5.74, 6) is -0.135. The van der Waals surface area contributed by atoms with Crippen molar-refractivity contribution >= 4 is 45.3 Å². The number of nitrogens with two attached hydrogens (primary N) is 1. The molecule has 242 valence electrons. The number of carbonyl (C=O) groups excluding carboxylic acids is 3. The Hall–Kier alpha value is -3.31. The fourth-order valence-corrected chi connectivity index (χ4v) is 7.75. The molecule has 2 aromatic rings. The van der Waals surface area contributed by atoms with E-state index >= 15 is 0 Å². The highest BCUT2D eigenvalue weighted by Gasteiger charge is 2.36. The van der Waals surface area contributed by atoms with Crippen LogP contribution in [0.25, 0.3) is 0 Å². The number of para-hydroxylation sites is 1. The number of urea groups is 1. The number of piperidine rings is 3. The zero-order chi connectivity index (χ0) is 31.3. The van der Waals surface area contributed by atoms with E-state index in [1.807, 2.05) is 40.1 Å². The van der Waals surface area contributed by atoms with E-state index in [1.54, 1.807) is 11.0 Å². The summed E-state index contributed by atoms with van der Waals surface area (Å²) in [7, 11) is 0. The summed E-state index contributed by atoms with van der Waals surface area (Å²) in [6.45, 7) is 5.22. The number of hydrogen-bond acceptors (Lipinski definition) is 6. The largest absolute Gasteiger partial charge is 0.436 e. The molecule has 4 aliphatic heterocycles. The molecular formula is C34H45BrN6O4. The summed E-state index contributed by atoms with van der Waals surface area (Å²) in [4.78, 5) is 48.5.